The number of benzene rings is 1. The highest BCUT2D eigenvalue weighted by atomic mass is 32.2. The Balaban J connectivity index is 1.80. The number of nitrogens with one attached hydrogen (secondary N) is 1. The van der Waals surface area contributed by atoms with Gasteiger partial charge < -0.3 is 0 Å². The van der Waals surface area contributed by atoms with Crippen molar-refractivity contribution in [3.05, 3.63) is 46.0 Å². The lowest BCUT2D eigenvalue weighted by Gasteiger charge is -2.22. The molecule has 5 nitrogen and oxygen atoms in total. The van der Waals surface area contributed by atoms with Crippen molar-refractivity contribution < 1.29 is 8.42 Å². The molecule has 1 aromatic carbocycles. The number of aromatic amines is 1. The van der Waals surface area contributed by atoms with Crippen LogP contribution in [0, 0.1) is 13.8 Å². The Morgan fingerprint density at radius 3 is 2.24 bits per heavy atom. The molecule has 0 atom stereocenters. The third-order valence-corrected chi connectivity index (χ3v) is 6.22. The fourth-order valence-electron chi connectivity index (χ4n) is 3.03. The van der Waals surface area contributed by atoms with Crippen LogP contribution in [-0.4, -0.2) is 23.6 Å². The van der Waals surface area contributed by atoms with E-state index in [2.05, 4.69) is 48.1 Å². The zero-order valence-electron chi connectivity index (χ0n) is 15.7. The van der Waals surface area contributed by atoms with Gasteiger partial charge in [-0.15, -0.1) is 0 Å². The highest BCUT2D eigenvalue weighted by Gasteiger charge is 2.28. The summed E-state index contributed by atoms with van der Waals surface area (Å²) in [6.07, 6.45) is 2.20. The Morgan fingerprint density at radius 1 is 1.12 bits per heavy atom. The van der Waals surface area contributed by atoms with Gasteiger partial charge in [-0.25, -0.2) is 13.4 Å². The Kier molecular flexibility index (Phi) is 4.52. The van der Waals surface area contributed by atoms with Gasteiger partial charge in [-0.3, -0.25) is 5.10 Å². The molecule has 1 N–H and O–H groups in total. The summed E-state index contributed by atoms with van der Waals surface area (Å²) in [5.74, 6) is 1.57. The van der Waals surface area contributed by atoms with Gasteiger partial charge in [0.25, 0.3) is 0 Å². The van der Waals surface area contributed by atoms with Gasteiger partial charge in [0, 0.05) is 5.92 Å². The Morgan fingerprint density at radius 2 is 1.72 bits per heavy atom. The molecule has 0 saturated heterocycles. The number of rotatable bonds is 5. The minimum Gasteiger partial charge on any atom is -0.262 e. The van der Waals surface area contributed by atoms with E-state index in [1.807, 2.05) is 13.8 Å². The average molecular weight is 362 g/mol. The lowest BCUT2D eigenvalue weighted by molar-refractivity contribution is 0.588. The maximum absolute atomic E-state index is 12.7. The fraction of sp³-hybridized carbons (Fsp3) is 0.579. The summed E-state index contributed by atoms with van der Waals surface area (Å²) in [4.78, 5) is 4.34. The molecule has 6 heteroatoms. The van der Waals surface area contributed by atoms with Crippen molar-refractivity contribution in [3.8, 4) is 0 Å². The van der Waals surface area contributed by atoms with Gasteiger partial charge in [0.1, 0.15) is 11.6 Å². The summed E-state index contributed by atoms with van der Waals surface area (Å²) in [5, 5.41) is 6.93. The van der Waals surface area contributed by atoms with Crippen LogP contribution in [0.4, 0.5) is 0 Å². The van der Waals surface area contributed by atoms with Gasteiger partial charge in [-0.2, -0.15) is 5.10 Å². The van der Waals surface area contributed by atoms with E-state index in [-0.39, 0.29) is 16.9 Å². The van der Waals surface area contributed by atoms with Crippen molar-refractivity contribution in [2.75, 3.05) is 0 Å². The van der Waals surface area contributed by atoms with E-state index in [4.69, 9.17) is 0 Å². The van der Waals surface area contributed by atoms with Crippen molar-refractivity contribution in [2.24, 2.45) is 0 Å². The molecule has 0 aliphatic heterocycles. The zero-order valence-corrected chi connectivity index (χ0v) is 16.5. The molecule has 3 rings (SSSR count). The first-order valence-electron chi connectivity index (χ1n) is 8.77. The maximum Gasteiger partial charge on any atom is 0.161 e. The van der Waals surface area contributed by atoms with E-state index in [1.54, 1.807) is 0 Å². The van der Waals surface area contributed by atoms with Gasteiger partial charge in [0.05, 0.1) is 5.75 Å². The minimum absolute atomic E-state index is 0.0363. The number of sulfone groups is 1. The first-order valence-corrected chi connectivity index (χ1v) is 10.6. The summed E-state index contributed by atoms with van der Waals surface area (Å²) < 4.78 is 25.3. The van der Waals surface area contributed by atoms with Gasteiger partial charge in [0.15, 0.2) is 15.7 Å². The molecule has 0 unspecified atom stereocenters. The van der Waals surface area contributed by atoms with E-state index >= 15 is 0 Å². The zero-order chi connectivity index (χ0) is 18.4. The van der Waals surface area contributed by atoms with Crippen LogP contribution in [0.25, 0.3) is 0 Å². The molecule has 1 fully saturated rings. The predicted octanol–water partition coefficient (Wildman–Crippen LogP) is 3.71. The SMILES string of the molecule is Cc1cc(C(C)(C)C)cc(C)c1CS(=O)(=O)Cc1nc(C2CC2)n[nH]1. The first kappa shape index (κ1) is 18.1. The summed E-state index contributed by atoms with van der Waals surface area (Å²) in [6, 6.07) is 4.22. The van der Waals surface area contributed by atoms with Crippen LogP contribution in [0.2, 0.25) is 0 Å². The fourth-order valence-corrected chi connectivity index (χ4v) is 4.58. The van der Waals surface area contributed by atoms with E-state index in [0.29, 0.717) is 11.7 Å². The second kappa shape index (κ2) is 6.24. The number of hydrogen-bond acceptors (Lipinski definition) is 4. The summed E-state index contributed by atoms with van der Waals surface area (Å²) >= 11 is 0. The smallest absolute Gasteiger partial charge is 0.161 e. The van der Waals surface area contributed by atoms with Gasteiger partial charge in [0.2, 0.25) is 0 Å². The molecule has 1 heterocycles. The number of nitrogens with zero attached hydrogens (tertiary/aromatic N) is 2. The lowest BCUT2D eigenvalue weighted by Crippen LogP contribution is -2.15. The standard InChI is InChI=1S/C19H27N3O2S/c1-12-8-15(19(3,4)5)9-13(2)16(12)10-25(23,24)11-17-20-18(22-21-17)14-6-7-14/h8-9,14H,6-7,10-11H2,1-5H3,(H,20,21,22). The van der Waals surface area contributed by atoms with Crippen molar-refractivity contribution in [3.63, 3.8) is 0 Å². The molecule has 25 heavy (non-hydrogen) atoms. The number of H-pyrrole nitrogens is 1. The molecule has 0 spiro atoms. The largest absolute Gasteiger partial charge is 0.262 e. The first-order chi connectivity index (χ1) is 11.5. The van der Waals surface area contributed by atoms with E-state index < -0.39 is 9.84 Å². The Bertz CT molecular complexity index is 865. The summed E-state index contributed by atoms with van der Waals surface area (Å²) in [6.45, 7) is 10.5. The van der Waals surface area contributed by atoms with Crippen molar-refractivity contribution in [1.29, 1.82) is 0 Å². The monoisotopic (exact) mass is 361 g/mol. The molecule has 136 valence electrons. The maximum atomic E-state index is 12.7. The summed E-state index contributed by atoms with van der Waals surface area (Å²) in [7, 11) is -3.31. The average Bonchev–Trinajstić information content (AvgIpc) is 3.22. The van der Waals surface area contributed by atoms with Crippen LogP contribution < -0.4 is 0 Å². The quantitative estimate of drug-likeness (QED) is 0.881. The second-order valence-corrected chi connectivity index (χ2v) is 10.3. The molecule has 1 aliphatic rings. The van der Waals surface area contributed by atoms with Crippen LogP contribution >= 0.6 is 0 Å². The highest BCUT2D eigenvalue weighted by molar-refractivity contribution is 7.89. The minimum atomic E-state index is -3.31. The normalized spacial score (nSPS) is 15.6. The molecule has 2 aromatic rings. The molecule has 0 radical (unpaired) electrons. The van der Waals surface area contributed by atoms with Crippen LogP contribution in [0.3, 0.4) is 0 Å². The molecular formula is C19H27N3O2S. The highest BCUT2D eigenvalue weighted by Crippen LogP contribution is 2.37. The predicted molar refractivity (Wildman–Crippen MR) is 99.3 cm³/mol. The van der Waals surface area contributed by atoms with Crippen molar-refractivity contribution in [1.82, 2.24) is 15.2 Å². The van der Waals surface area contributed by atoms with E-state index in [9.17, 15) is 8.42 Å². The van der Waals surface area contributed by atoms with Gasteiger partial charge >= 0.3 is 0 Å². The lowest BCUT2D eigenvalue weighted by atomic mass is 9.84. The molecule has 0 amide bonds. The van der Waals surface area contributed by atoms with E-state index in [1.165, 1.54) is 5.56 Å². The molecule has 1 aromatic heterocycles. The Labute approximate surface area is 150 Å². The number of aromatic nitrogens is 3. The van der Waals surface area contributed by atoms with Crippen molar-refractivity contribution in [2.45, 2.75) is 70.3 Å². The second-order valence-electron chi connectivity index (χ2n) is 8.29. The van der Waals surface area contributed by atoms with Gasteiger partial charge in [-0.1, -0.05) is 32.9 Å². The molecular weight excluding hydrogens is 334 g/mol. The van der Waals surface area contributed by atoms with Crippen LogP contribution in [-0.2, 0) is 26.8 Å². The molecule has 0 bridgehead atoms. The molecule has 1 aliphatic carbocycles. The van der Waals surface area contributed by atoms with E-state index in [0.717, 1.165) is 35.4 Å². The third-order valence-electron chi connectivity index (χ3n) is 4.77. The number of hydrogen-bond donors (Lipinski definition) is 1. The molecule has 1 saturated carbocycles. The van der Waals surface area contributed by atoms with Gasteiger partial charge in [-0.05, 0) is 54.4 Å². The number of aryl methyl sites for hydroxylation is 2. The van der Waals surface area contributed by atoms with Crippen LogP contribution in [0.1, 0.15) is 73.4 Å². The van der Waals surface area contributed by atoms with Crippen LogP contribution in [0.15, 0.2) is 12.1 Å². The Hall–Kier alpha value is -1.69. The van der Waals surface area contributed by atoms with Crippen molar-refractivity contribution >= 4 is 9.84 Å². The summed E-state index contributed by atoms with van der Waals surface area (Å²) in [5.41, 5.74) is 4.24. The topological polar surface area (TPSA) is 75.7 Å². The van der Waals surface area contributed by atoms with Crippen LogP contribution in [0.5, 0.6) is 0 Å². The third kappa shape index (κ3) is 4.29.